The van der Waals surface area contributed by atoms with E-state index in [0.29, 0.717) is 17.7 Å². The molecule has 23 heavy (non-hydrogen) atoms. The van der Waals surface area contributed by atoms with Gasteiger partial charge in [0.25, 0.3) is 5.56 Å². The van der Waals surface area contributed by atoms with Gasteiger partial charge < -0.3 is 4.57 Å². The van der Waals surface area contributed by atoms with Crippen LogP contribution in [-0.4, -0.2) is 24.9 Å². The average molecular weight is 337 g/mol. The molecule has 128 valence electrons. The fraction of sp³-hybridized carbons (Fsp3) is 0.706. The molecule has 1 unspecified atom stereocenters. The highest BCUT2D eigenvalue weighted by Crippen LogP contribution is 2.21. The molecular weight excluding hydrogens is 308 g/mol. The lowest BCUT2D eigenvalue weighted by molar-refractivity contribution is 0.483. The zero-order valence-corrected chi connectivity index (χ0v) is 15.5. The minimum Gasteiger partial charge on any atom is -0.322 e. The van der Waals surface area contributed by atoms with Gasteiger partial charge >= 0.3 is 0 Å². The summed E-state index contributed by atoms with van der Waals surface area (Å²) >= 11 is 1.61. The lowest BCUT2D eigenvalue weighted by Crippen LogP contribution is -2.25. The third kappa shape index (κ3) is 3.97. The van der Waals surface area contributed by atoms with Gasteiger partial charge in [-0.05, 0) is 25.5 Å². The molecular formula is C17H28N4OS. The summed E-state index contributed by atoms with van der Waals surface area (Å²) in [6.45, 7) is 9.24. The summed E-state index contributed by atoms with van der Waals surface area (Å²) in [6, 6.07) is 0.279. The van der Waals surface area contributed by atoms with Crippen LogP contribution in [0, 0.1) is 0 Å². The summed E-state index contributed by atoms with van der Waals surface area (Å²) in [6.07, 6.45) is 7.39. The van der Waals surface area contributed by atoms with E-state index in [-0.39, 0.29) is 11.6 Å². The van der Waals surface area contributed by atoms with Gasteiger partial charge in [0.05, 0.1) is 6.33 Å². The molecule has 1 atom stereocenters. The predicted octanol–water partition coefficient (Wildman–Crippen LogP) is 4.26. The second-order valence-corrected chi connectivity index (χ2v) is 7.18. The van der Waals surface area contributed by atoms with E-state index in [0.717, 1.165) is 23.8 Å². The summed E-state index contributed by atoms with van der Waals surface area (Å²) in [4.78, 5) is 22.0. The van der Waals surface area contributed by atoms with Gasteiger partial charge in [0.1, 0.15) is 0 Å². The molecule has 0 radical (unpaired) electrons. The average Bonchev–Trinajstić information content (AvgIpc) is 2.95. The lowest BCUT2D eigenvalue weighted by atomic mass is 10.1. The summed E-state index contributed by atoms with van der Waals surface area (Å²) < 4.78 is 3.83. The van der Waals surface area contributed by atoms with Crippen LogP contribution in [0.15, 0.2) is 16.3 Å². The van der Waals surface area contributed by atoms with E-state index in [1.165, 1.54) is 19.3 Å². The quantitative estimate of drug-likeness (QED) is 0.390. The number of thioether (sulfide) groups is 1. The normalized spacial score (nSPS) is 12.9. The summed E-state index contributed by atoms with van der Waals surface area (Å²) in [5, 5.41) is 0.788. The van der Waals surface area contributed by atoms with Crippen molar-refractivity contribution in [3.63, 3.8) is 0 Å². The van der Waals surface area contributed by atoms with Crippen molar-refractivity contribution in [3.8, 4) is 0 Å². The Kier molecular flexibility index (Phi) is 6.69. The predicted molar refractivity (Wildman–Crippen MR) is 97.3 cm³/mol. The molecule has 2 aromatic rings. The smallest absolute Gasteiger partial charge is 0.280 e. The molecule has 0 N–H and O–H groups in total. The van der Waals surface area contributed by atoms with E-state index in [9.17, 15) is 4.79 Å². The maximum absolute atomic E-state index is 13.0. The number of rotatable bonds is 9. The lowest BCUT2D eigenvalue weighted by Gasteiger charge is -2.15. The van der Waals surface area contributed by atoms with Crippen LogP contribution >= 0.6 is 11.8 Å². The van der Waals surface area contributed by atoms with Crippen LogP contribution in [0.2, 0.25) is 0 Å². The minimum atomic E-state index is 0.0487. The Bertz CT molecular complexity index is 692. The van der Waals surface area contributed by atoms with E-state index < -0.39 is 0 Å². The van der Waals surface area contributed by atoms with E-state index in [4.69, 9.17) is 0 Å². The van der Waals surface area contributed by atoms with Crippen molar-refractivity contribution >= 4 is 22.9 Å². The van der Waals surface area contributed by atoms with Gasteiger partial charge in [0.15, 0.2) is 16.3 Å². The fourth-order valence-electron chi connectivity index (χ4n) is 2.83. The van der Waals surface area contributed by atoms with Crippen LogP contribution in [-0.2, 0) is 6.54 Å². The molecule has 0 spiro atoms. The van der Waals surface area contributed by atoms with Gasteiger partial charge in [0, 0.05) is 12.6 Å². The van der Waals surface area contributed by atoms with Crippen molar-refractivity contribution in [3.05, 3.63) is 16.7 Å². The van der Waals surface area contributed by atoms with Gasteiger partial charge in [-0.15, -0.1) is 0 Å². The monoisotopic (exact) mass is 336 g/mol. The highest BCUT2D eigenvalue weighted by molar-refractivity contribution is 7.99. The SMILES string of the molecule is CCCCCC(C)n1cnc2nc(SCC)n(CCC)c(=O)c21. The van der Waals surface area contributed by atoms with E-state index in [1.807, 2.05) is 9.13 Å². The topological polar surface area (TPSA) is 52.7 Å². The maximum atomic E-state index is 13.0. The first kappa shape index (κ1) is 18.0. The van der Waals surface area contributed by atoms with Gasteiger partial charge in [-0.2, -0.15) is 0 Å². The van der Waals surface area contributed by atoms with Crippen LogP contribution in [0.3, 0.4) is 0 Å². The molecule has 0 fully saturated rings. The number of aromatic nitrogens is 4. The standard InChI is InChI=1S/C17H28N4OS/c1-5-8-9-10-13(4)21-12-18-15-14(21)16(22)20(11-6-2)17(19-15)23-7-3/h12-13H,5-11H2,1-4H3. The Labute approximate surface area is 142 Å². The second kappa shape index (κ2) is 8.52. The molecule has 0 amide bonds. The number of fused-ring (bicyclic) bond motifs is 1. The van der Waals surface area contributed by atoms with Gasteiger partial charge in [-0.1, -0.05) is 51.8 Å². The number of nitrogens with zero attached hydrogens (tertiary/aromatic N) is 4. The molecule has 2 heterocycles. The summed E-state index contributed by atoms with van der Waals surface area (Å²) in [5.41, 5.74) is 1.29. The van der Waals surface area contributed by atoms with E-state index in [2.05, 4.69) is 37.7 Å². The highest BCUT2D eigenvalue weighted by Gasteiger charge is 2.17. The largest absolute Gasteiger partial charge is 0.322 e. The first-order valence-electron chi connectivity index (χ1n) is 8.74. The Balaban J connectivity index is 2.45. The summed E-state index contributed by atoms with van der Waals surface area (Å²) in [5.74, 6) is 0.899. The molecule has 0 saturated carbocycles. The first-order chi connectivity index (χ1) is 11.1. The molecule has 5 nitrogen and oxygen atoms in total. The zero-order chi connectivity index (χ0) is 16.8. The number of hydrogen-bond acceptors (Lipinski definition) is 4. The molecule has 2 aromatic heterocycles. The highest BCUT2D eigenvalue weighted by atomic mass is 32.2. The van der Waals surface area contributed by atoms with Crippen molar-refractivity contribution in [2.24, 2.45) is 0 Å². The molecule has 6 heteroatoms. The fourth-order valence-corrected chi connectivity index (χ4v) is 3.57. The van der Waals surface area contributed by atoms with E-state index >= 15 is 0 Å². The molecule has 0 saturated heterocycles. The van der Waals surface area contributed by atoms with Crippen molar-refractivity contribution in [1.82, 2.24) is 19.1 Å². The van der Waals surface area contributed by atoms with Crippen molar-refractivity contribution < 1.29 is 0 Å². The van der Waals surface area contributed by atoms with Gasteiger partial charge in [-0.25, -0.2) is 9.97 Å². The Morgan fingerprint density at radius 3 is 2.65 bits per heavy atom. The molecule has 0 bridgehead atoms. The van der Waals surface area contributed by atoms with Crippen LogP contribution in [0.1, 0.15) is 65.8 Å². The minimum absolute atomic E-state index is 0.0487. The number of hydrogen-bond donors (Lipinski definition) is 0. The van der Waals surface area contributed by atoms with Crippen molar-refractivity contribution in [2.45, 2.75) is 77.5 Å². The Morgan fingerprint density at radius 1 is 1.22 bits per heavy atom. The number of unbranched alkanes of at least 4 members (excludes halogenated alkanes) is 2. The van der Waals surface area contributed by atoms with Crippen molar-refractivity contribution in [1.29, 1.82) is 0 Å². The third-order valence-corrected chi connectivity index (χ3v) is 4.93. The van der Waals surface area contributed by atoms with E-state index in [1.54, 1.807) is 18.1 Å². The molecule has 0 aromatic carbocycles. The second-order valence-electron chi connectivity index (χ2n) is 5.95. The third-order valence-electron chi connectivity index (χ3n) is 4.08. The molecule has 0 aliphatic carbocycles. The maximum Gasteiger partial charge on any atom is 0.280 e. The van der Waals surface area contributed by atoms with Crippen LogP contribution < -0.4 is 5.56 Å². The van der Waals surface area contributed by atoms with Crippen LogP contribution in [0.5, 0.6) is 0 Å². The van der Waals surface area contributed by atoms with Crippen LogP contribution in [0.4, 0.5) is 0 Å². The molecule has 0 aliphatic heterocycles. The summed E-state index contributed by atoms with van der Waals surface area (Å²) in [7, 11) is 0. The molecule has 2 rings (SSSR count). The van der Waals surface area contributed by atoms with Gasteiger partial charge in [-0.3, -0.25) is 9.36 Å². The zero-order valence-electron chi connectivity index (χ0n) is 14.7. The number of imidazole rings is 1. The van der Waals surface area contributed by atoms with Crippen molar-refractivity contribution in [2.75, 3.05) is 5.75 Å². The van der Waals surface area contributed by atoms with Crippen LogP contribution in [0.25, 0.3) is 11.2 Å². The van der Waals surface area contributed by atoms with Gasteiger partial charge in [0.2, 0.25) is 0 Å². The Morgan fingerprint density at radius 2 is 2.00 bits per heavy atom. The Hall–Kier alpha value is -1.30. The molecule has 0 aliphatic rings. The first-order valence-corrected chi connectivity index (χ1v) is 9.72.